The number of hydrogen-bond donors (Lipinski definition) is 0. The van der Waals surface area contributed by atoms with Gasteiger partial charge in [0.1, 0.15) is 5.75 Å². The summed E-state index contributed by atoms with van der Waals surface area (Å²) in [5.41, 5.74) is -0.146. The Labute approximate surface area is 85.9 Å². The first-order valence-electron chi connectivity index (χ1n) is 4.77. The molecule has 1 saturated carbocycles. The van der Waals surface area contributed by atoms with E-state index < -0.39 is 11.7 Å². The first kappa shape index (κ1) is 10.3. The summed E-state index contributed by atoms with van der Waals surface area (Å²) in [6, 6.07) is 4.19. The molecule has 0 unspecified atom stereocenters. The van der Waals surface area contributed by atoms with Crippen molar-refractivity contribution in [2.75, 3.05) is 7.11 Å². The zero-order valence-corrected chi connectivity index (χ0v) is 8.27. The molecule has 1 aliphatic carbocycles. The molecule has 0 spiro atoms. The van der Waals surface area contributed by atoms with E-state index in [0.717, 1.165) is 18.9 Å². The van der Waals surface area contributed by atoms with Gasteiger partial charge >= 0.3 is 6.18 Å². The van der Waals surface area contributed by atoms with E-state index >= 15 is 0 Å². The fourth-order valence-corrected chi connectivity index (χ4v) is 1.66. The molecule has 0 N–H and O–H groups in total. The predicted molar refractivity (Wildman–Crippen MR) is 50.0 cm³/mol. The summed E-state index contributed by atoms with van der Waals surface area (Å²) in [4.78, 5) is 0. The van der Waals surface area contributed by atoms with Crippen molar-refractivity contribution >= 4 is 0 Å². The van der Waals surface area contributed by atoms with Crippen LogP contribution < -0.4 is 4.74 Å². The van der Waals surface area contributed by atoms with Gasteiger partial charge in [0.05, 0.1) is 12.7 Å². The fraction of sp³-hybridized carbons (Fsp3) is 0.455. The third-order valence-corrected chi connectivity index (χ3v) is 2.58. The maximum absolute atomic E-state index is 12.7. The van der Waals surface area contributed by atoms with E-state index in [0.29, 0.717) is 5.56 Å². The minimum absolute atomic E-state index is 0.0903. The molecule has 0 saturated heterocycles. The smallest absolute Gasteiger partial charge is 0.416 e. The molecule has 0 bridgehead atoms. The fourth-order valence-electron chi connectivity index (χ4n) is 1.66. The molecule has 1 nitrogen and oxygen atoms in total. The molecule has 1 aliphatic rings. The highest BCUT2D eigenvalue weighted by atomic mass is 19.4. The van der Waals surface area contributed by atoms with Crippen molar-refractivity contribution < 1.29 is 17.9 Å². The van der Waals surface area contributed by atoms with Crippen LogP contribution in [0.25, 0.3) is 0 Å². The molecule has 2 rings (SSSR count). The quantitative estimate of drug-likeness (QED) is 0.734. The molecule has 82 valence electrons. The first-order chi connectivity index (χ1) is 7.02. The Balaban J connectivity index is 2.45. The van der Waals surface area contributed by atoms with Crippen LogP contribution >= 0.6 is 0 Å². The summed E-state index contributed by atoms with van der Waals surface area (Å²) in [5.74, 6) is 0.347. The lowest BCUT2D eigenvalue weighted by Gasteiger charge is -2.13. The van der Waals surface area contributed by atoms with E-state index in [9.17, 15) is 13.2 Å². The average molecular weight is 216 g/mol. The average Bonchev–Trinajstić information content (AvgIpc) is 2.99. The number of benzene rings is 1. The van der Waals surface area contributed by atoms with Gasteiger partial charge in [-0.05, 0) is 36.5 Å². The molecule has 0 radical (unpaired) electrons. The third kappa shape index (κ3) is 2.08. The topological polar surface area (TPSA) is 9.23 Å². The SMILES string of the molecule is COc1ccc(C2CC2)c(C(F)(F)F)c1. The van der Waals surface area contributed by atoms with Crippen LogP contribution in [-0.2, 0) is 6.18 Å². The van der Waals surface area contributed by atoms with Crippen LogP contribution in [0.1, 0.15) is 29.9 Å². The summed E-state index contributed by atoms with van der Waals surface area (Å²) < 4.78 is 42.9. The van der Waals surface area contributed by atoms with Gasteiger partial charge in [0.15, 0.2) is 0 Å². The summed E-state index contributed by atoms with van der Waals surface area (Å²) in [6.45, 7) is 0. The second-order valence-corrected chi connectivity index (χ2v) is 3.73. The summed E-state index contributed by atoms with van der Waals surface area (Å²) in [7, 11) is 1.37. The molecule has 1 aromatic carbocycles. The molecule has 1 aromatic rings. The highest BCUT2D eigenvalue weighted by Gasteiger charge is 2.38. The van der Waals surface area contributed by atoms with Crippen molar-refractivity contribution in [2.45, 2.75) is 24.9 Å². The van der Waals surface area contributed by atoms with Crippen LogP contribution in [0.5, 0.6) is 5.75 Å². The molecular formula is C11H11F3O. The van der Waals surface area contributed by atoms with E-state index in [1.807, 2.05) is 0 Å². The number of methoxy groups -OCH3 is 1. The van der Waals surface area contributed by atoms with E-state index in [4.69, 9.17) is 4.74 Å². The molecule has 0 aliphatic heterocycles. The van der Waals surface area contributed by atoms with Crippen molar-refractivity contribution in [1.82, 2.24) is 0 Å². The van der Waals surface area contributed by atoms with Crippen molar-refractivity contribution in [2.24, 2.45) is 0 Å². The van der Waals surface area contributed by atoms with E-state index in [1.54, 1.807) is 6.07 Å². The van der Waals surface area contributed by atoms with Gasteiger partial charge in [-0.15, -0.1) is 0 Å². The molecule has 4 heteroatoms. The van der Waals surface area contributed by atoms with Gasteiger partial charge in [-0.25, -0.2) is 0 Å². The molecule has 1 fully saturated rings. The zero-order valence-electron chi connectivity index (χ0n) is 8.27. The lowest BCUT2D eigenvalue weighted by Crippen LogP contribution is -2.08. The molecule has 0 heterocycles. The van der Waals surface area contributed by atoms with Crippen LogP contribution in [0.15, 0.2) is 18.2 Å². The van der Waals surface area contributed by atoms with Crippen molar-refractivity contribution in [3.8, 4) is 5.75 Å². The standard InChI is InChI=1S/C11H11F3O/c1-15-8-4-5-9(7-2-3-7)10(6-8)11(12,13)14/h4-7H,2-3H2,1H3. The van der Waals surface area contributed by atoms with Gasteiger partial charge in [-0.2, -0.15) is 13.2 Å². The van der Waals surface area contributed by atoms with Crippen LogP contribution in [-0.4, -0.2) is 7.11 Å². The maximum atomic E-state index is 12.7. The number of halogens is 3. The molecule has 0 aromatic heterocycles. The van der Waals surface area contributed by atoms with Gasteiger partial charge in [0.25, 0.3) is 0 Å². The highest BCUT2D eigenvalue weighted by molar-refractivity contribution is 5.41. The third-order valence-electron chi connectivity index (χ3n) is 2.58. The Morgan fingerprint density at radius 2 is 1.93 bits per heavy atom. The van der Waals surface area contributed by atoms with Crippen LogP contribution in [0.2, 0.25) is 0 Å². The van der Waals surface area contributed by atoms with Crippen molar-refractivity contribution in [1.29, 1.82) is 0 Å². The normalized spacial score (nSPS) is 16.5. The zero-order chi connectivity index (χ0) is 11.1. The summed E-state index contributed by atoms with van der Waals surface area (Å²) in [6.07, 6.45) is -2.57. The number of rotatable bonds is 2. The lowest BCUT2D eigenvalue weighted by atomic mass is 10.0. The molecular weight excluding hydrogens is 205 g/mol. The van der Waals surface area contributed by atoms with Gasteiger partial charge in [-0.3, -0.25) is 0 Å². The number of alkyl halides is 3. The van der Waals surface area contributed by atoms with Gasteiger partial charge in [-0.1, -0.05) is 6.07 Å². The first-order valence-corrected chi connectivity index (χ1v) is 4.77. The Hall–Kier alpha value is -1.19. The van der Waals surface area contributed by atoms with Crippen LogP contribution in [0.3, 0.4) is 0 Å². The molecule has 0 amide bonds. The van der Waals surface area contributed by atoms with Crippen molar-refractivity contribution in [3.05, 3.63) is 29.3 Å². The van der Waals surface area contributed by atoms with Crippen molar-refractivity contribution in [3.63, 3.8) is 0 Å². The van der Waals surface area contributed by atoms with Gasteiger partial charge in [0, 0.05) is 0 Å². The minimum Gasteiger partial charge on any atom is -0.497 e. The van der Waals surface area contributed by atoms with Crippen LogP contribution in [0.4, 0.5) is 13.2 Å². The molecule has 0 atom stereocenters. The van der Waals surface area contributed by atoms with E-state index in [2.05, 4.69) is 0 Å². The van der Waals surface area contributed by atoms with Gasteiger partial charge < -0.3 is 4.74 Å². The Morgan fingerprint density at radius 3 is 2.40 bits per heavy atom. The Kier molecular flexibility index (Phi) is 2.37. The van der Waals surface area contributed by atoms with E-state index in [1.165, 1.54) is 13.2 Å². The number of ether oxygens (including phenoxy) is 1. The number of hydrogen-bond acceptors (Lipinski definition) is 1. The summed E-state index contributed by atoms with van der Waals surface area (Å²) >= 11 is 0. The second-order valence-electron chi connectivity index (χ2n) is 3.73. The summed E-state index contributed by atoms with van der Waals surface area (Å²) in [5, 5.41) is 0. The Bertz CT molecular complexity index is 367. The minimum atomic E-state index is -4.29. The largest absolute Gasteiger partial charge is 0.497 e. The highest BCUT2D eigenvalue weighted by Crippen LogP contribution is 2.46. The second kappa shape index (κ2) is 3.43. The Morgan fingerprint density at radius 1 is 1.27 bits per heavy atom. The van der Waals surface area contributed by atoms with Crippen LogP contribution in [0, 0.1) is 0 Å². The van der Waals surface area contributed by atoms with E-state index in [-0.39, 0.29) is 11.7 Å². The predicted octanol–water partition coefficient (Wildman–Crippen LogP) is 3.59. The molecule has 15 heavy (non-hydrogen) atoms. The maximum Gasteiger partial charge on any atom is 0.416 e. The van der Waals surface area contributed by atoms with Gasteiger partial charge in [0.2, 0.25) is 0 Å². The lowest BCUT2D eigenvalue weighted by molar-refractivity contribution is -0.138. The monoisotopic (exact) mass is 216 g/mol.